The van der Waals surface area contributed by atoms with Crippen molar-refractivity contribution in [2.45, 2.75) is 38.8 Å². The topological polar surface area (TPSA) is 64.8 Å². The van der Waals surface area contributed by atoms with Crippen LogP contribution < -0.4 is 5.73 Å². The number of likely N-dealkylation sites (tertiary alicyclic amines) is 1. The third kappa shape index (κ3) is 2.55. The molecule has 98 valence electrons. The van der Waals surface area contributed by atoms with Gasteiger partial charge >= 0.3 is 6.09 Å². The second-order valence-corrected chi connectivity index (χ2v) is 6.15. The van der Waals surface area contributed by atoms with Gasteiger partial charge in [0.2, 0.25) is 0 Å². The van der Waals surface area contributed by atoms with Gasteiger partial charge in [0.15, 0.2) is 0 Å². The Morgan fingerprint density at radius 1 is 1.47 bits per heavy atom. The number of rotatable bonds is 0. The number of ether oxygens (including phenoxy) is 2. The summed E-state index contributed by atoms with van der Waals surface area (Å²) in [6.45, 7) is 8.32. The van der Waals surface area contributed by atoms with E-state index in [1.165, 1.54) is 0 Å². The molecule has 2 N–H and O–H groups in total. The molecule has 2 heterocycles. The smallest absolute Gasteiger partial charge is 0.410 e. The van der Waals surface area contributed by atoms with Crippen LogP contribution in [-0.4, -0.2) is 48.9 Å². The third-order valence-corrected chi connectivity index (χ3v) is 3.41. The Hall–Kier alpha value is -0.810. The average Bonchev–Trinajstić information content (AvgIpc) is 2.12. The Morgan fingerprint density at radius 2 is 2.12 bits per heavy atom. The molecular weight excluding hydrogens is 220 g/mol. The van der Waals surface area contributed by atoms with E-state index in [2.05, 4.69) is 0 Å². The Morgan fingerprint density at radius 3 is 2.65 bits per heavy atom. The second kappa shape index (κ2) is 4.14. The number of hydrogen-bond donors (Lipinski definition) is 1. The molecule has 17 heavy (non-hydrogen) atoms. The van der Waals surface area contributed by atoms with E-state index in [9.17, 15) is 4.79 Å². The predicted octanol–water partition coefficient (Wildman–Crippen LogP) is 0.971. The average molecular weight is 242 g/mol. The molecule has 2 fully saturated rings. The van der Waals surface area contributed by atoms with Crippen molar-refractivity contribution in [3.05, 3.63) is 0 Å². The van der Waals surface area contributed by atoms with Crippen LogP contribution >= 0.6 is 0 Å². The molecule has 2 aliphatic heterocycles. The maximum Gasteiger partial charge on any atom is 0.410 e. The largest absolute Gasteiger partial charge is 0.444 e. The summed E-state index contributed by atoms with van der Waals surface area (Å²) in [5.41, 5.74) is 5.63. The van der Waals surface area contributed by atoms with Gasteiger partial charge in [-0.25, -0.2) is 4.79 Å². The summed E-state index contributed by atoms with van der Waals surface area (Å²) in [4.78, 5) is 13.5. The lowest BCUT2D eigenvalue weighted by Crippen LogP contribution is -2.69. The summed E-state index contributed by atoms with van der Waals surface area (Å²) in [6.07, 6.45) is 0.628. The highest BCUT2D eigenvalue weighted by Gasteiger charge is 2.51. The van der Waals surface area contributed by atoms with E-state index in [-0.39, 0.29) is 17.6 Å². The Bertz CT molecular complexity index is 305. The molecule has 0 aliphatic carbocycles. The molecule has 0 bridgehead atoms. The number of amides is 1. The van der Waals surface area contributed by atoms with Crippen LogP contribution in [0.2, 0.25) is 0 Å². The van der Waals surface area contributed by atoms with Gasteiger partial charge in [0.05, 0.1) is 6.61 Å². The van der Waals surface area contributed by atoms with E-state index in [1.807, 2.05) is 20.8 Å². The quantitative estimate of drug-likeness (QED) is 0.687. The fourth-order valence-electron chi connectivity index (χ4n) is 2.39. The molecule has 1 atom stereocenters. The lowest BCUT2D eigenvalue weighted by Gasteiger charge is -2.54. The lowest BCUT2D eigenvalue weighted by atomic mass is 9.72. The zero-order valence-electron chi connectivity index (χ0n) is 10.9. The molecule has 2 aliphatic rings. The van der Waals surface area contributed by atoms with Crippen molar-refractivity contribution in [1.82, 2.24) is 4.90 Å². The molecule has 0 aromatic heterocycles. The van der Waals surface area contributed by atoms with E-state index in [1.54, 1.807) is 4.90 Å². The standard InChI is InChI=1S/C12H22N2O3/c1-11(2,3)17-10(15)14-6-12(7-14)8-16-5-4-9(12)13/h9H,4-8,13H2,1-3H3. The second-order valence-electron chi connectivity index (χ2n) is 6.15. The van der Waals surface area contributed by atoms with Crippen molar-refractivity contribution < 1.29 is 14.3 Å². The summed E-state index contributed by atoms with van der Waals surface area (Å²) >= 11 is 0. The van der Waals surface area contributed by atoms with Crippen LogP contribution in [0.5, 0.6) is 0 Å². The van der Waals surface area contributed by atoms with E-state index >= 15 is 0 Å². The number of hydrogen-bond acceptors (Lipinski definition) is 4. The van der Waals surface area contributed by atoms with Gasteiger partial charge in [-0.05, 0) is 27.2 Å². The molecule has 5 heteroatoms. The lowest BCUT2D eigenvalue weighted by molar-refractivity contribution is -0.111. The van der Waals surface area contributed by atoms with Crippen LogP contribution in [-0.2, 0) is 9.47 Å². The minimum atomic E-state index is -0.439. The van der Waals surface area contributed by atoms with Crippen molar-refractivity contribution in [3.63, 3.8) is 0 Å². The Balaban J connectivity index is 1.87. The fraction of sp³-hybridized carbons (Fsp3) is 0.917. The van der Waals surface area contributed by atoms with E-state index in [0.717, 1.165) is 13.0 Å². The van der Waals surface area contributed by atoms with Crippen molar-refractivity contribution in [1.29, 1.82) is 0 Å². The van der Waals surface area contributed by atoms with Crippen molar-refractivity contribution in [2.75, 3.05) is 26.3 Å². The van der Waals surface area contributed by atoms with Gasteiger partial charge in [-0.2, -0.15) is 0 Å². The first-order valence-electron chi connectivity index (χ1n) is 6.14. The van der Waals surface area contributed by atoms with Gasteiger partial charge in [0.25, 0.3) is 0 Å². The van der Waals surface area contributed by atoms with E-state index in [4.69, 9.17) is 15.2 Å². The highest BCUT2D eigenvalue weighted by molar-refractivity contribution is 5.69. The molecule has 1 amide bonds. The zero-order chi connectivity index (χ0) is 12.7. The van der Waals surface area contributed by atoms with Crippen molar-refractivity contribution in [2.24, 2.45) is 11.1 Å². The van der Waals surface area contributed by atoms with Gasteiger partial charge in [0.1, 0.15) is 5.60 Å². The third-order valence-electron chi connectivity index (χ3n) is 3.41. The normalized spacial score (nSPS) is 27.8. The van der Waals surface area contributed by atoms with Crippen LogP contribution in [0.4, 0.5) is 4.79 Å². The highest BCUT2D eigenvalue weighted by atomic mass is 16.6. The molecule has 0 aromatic rings. The van der Waals surface area contributed by atoms with E-state index in [0.29, 0.717) is 19.7 Å². The summed E-state index contributed by atoms with van der Waals surface area (Å²) in [6, 6.07) is 0.134. The number of carbonyl (C=O) groups excluding carboxylic acids is 1. The highest BCUT2D eigenvalue weighted by Crippen LogP contribution is 2.37. The molecule has 0 aromatic carbocycles. The Kier molecular flexibility index (Phi) is 3.08. The summed E-state index contributed by atoms with van der Waals surface area (Å²) in [5, 5.41) is 0. The van der Waals surface area contributed by atoms with Crippen LogP contribution in [0, 0.1) is 5.41 Å². The summed E-state index contributed by atoms with van der Waals surface area (Å²) < 4.78 is 10.8. The molecule has 0 saturated carbocycles. The molecule has 2 saturated heterocycles. The Labute approximate surface area is 102 Å². The van der Waals surface area contributed by atoms with Crippen molar-refractivity contribution in [3.8, 4) is 0 Å². The number of nitrogens with zero attached hydrogens (tertiary/aromatic N) is 1. The molecule has 0 radical (unpaired) electrons. The van der Waals surface area contributed by atoms with Gasteiger partial charge in [-0.3, -0.25) is 0 Å². The van der Waals surface area contributed by atoms with Crippen LogP contribution in [0.25, 0.3) is 0 Å². The number of carbonyl (C=O) groups is 1. The zero-order valence-corrected chi connectivity index (χ0v) is 10.9. The van der Waals surface area contributed by atoms with Gasteiger partial charge in [0, 0.05) is 31.2 Å². The van der Waals surface area contributed by atoms with Crippen LogP contribution in [0.15, 0.2) is 0 Å². The predicted molar refractivity (Wildman–Crippen MR) is 63.7 cm³/mol. The maximum absolute atomic E-state index is 11.8. The number of nitrogens with two attached hydrogens (primary N) is 1. The molecular formula is C12H22N2O3. The van der Waals surface area contributed by atoms with Crippen LogP contribution in [0.1, 0.15) is 27.2 Å². The van der Waals surface area contributed by atoms with Gasteiger partial charge in [-0.15, -0.1) is 0 Å². The van der Waals surface area contributed by atoms with E-state index < -0.39 is 5.60 Å². The SMILES string of the molecule is CC(C)(C)OC(=O)N1CC2(COCCC2N)C1. The molecule has 5 nitrogen and oxygen atoms in total. The maximum atomic E-state index is 11.8. The molecule has 1 spiro atoms. The monoisotopic (exact) mass is 242 g/mol. The summed E-state index contributed by atoms with van der Waals surface area (Å²) in [7, 11) is 0. The van der Waals surface area contributed by atoms with Crippen molar-refractivity contribution >= 4 is 6.09 Å². The first kappa shape index (κ1) is 12.6. The molecule has 1 unspecified atom stereocenters. The molecule has 2 rings (SSSR count). The fourth-order valence-corrected chi connectivity index (χ4v) is 2.39. The minimum absolute atomic E-state index is 0.0326. The minimum Gasteiger partial charge on any atom is -0.444 e. The summed E-state index contributed by atoms with van der Waals surface area (Å²) in [5.74, 6) is 0. The van der Waals surface area contributed by atoms with Crippen LogP contribution in [0.3, 0.4) is 0 Å². The van der Waals surface area contributed by atoms with Gasteiger partial charge < -0.3 is 20.1 Å². The first-order chi connectivity index (χ1) is 7.82. The first-order valence-corrected chi connectivity index (χ1v) is 6.14. The van der Waals surface area contributed by atoms with Gasteiger partial charge in [-0.1, -0.05) is 0 Å².